The van der Waals surface area contributed by atoms with Gasteiger partial charge in [0.25, 0.3) is 11.5 Å². The Balaban J connectivity index is 2.36. The van der Waals surface area contributed by atoms with Crippen molar-refractivity contribution in [2.24, 2.45) is 7.05 Å². The summed E-state index contributed by atoms with van der Waals surface area (Å²) in [7, 11) is -2.35. The lowest BCUT2D eigenvalue weighted by Crippen LogP contribution is -2.31. The van der Waals surface area contributed by atoms with E-state index in [1.54, 1.807) is 13.8 Å². The summed E-state index contributed by atoms with van der Waals surface area (Å²) in [6.07, 6.45) is 0. The number of aromatic nitrogens is 2. The van der Waals surface area contributed by atoms with Crippen LogP contribution in [0.25, 0.3) is 0 Å². The molecule has 0 aliphatic heterocycles. The van der Waals surface area contributed by atoms with Crippen LogP contribution in [0.4, 0.5) is 5.69 Å². The van der Waals surface area contributed by atoms with Gasteiger partial charge in [-0.2, -0.15) is 9.40 Å². The summed E-state index contributed by atoms with van der Waals surface area (Å²) >= 11 is 6.06. The van der Waals surface area contributed by atoms with Crippen molar-refractivity contribution < 1.29 is 13.2 Å². The van der Waals surface area contributed by atoms with Crippen molar-refractivity contribution in [2.75, 3.05) is 18.4 Å². The number of nitrogens with zero attached hydrogens (tertiary/aromatic N) is 3. The number of benzene rings is 1. The topological polar surface area (TPSA) is 101 Å². The maximum absolute atomic E-state index is 12.7. The monoisotopic (exact) mass is 398 g/mol. The van der Waals surface area contributed by atoms with E-state index >= 15 is 0 Å². The highest BCUT2D eigenvalue weighted by Gasteiger charge is 2.25. The molecule has 1 aromatic heterocycles. The number of aryl methyl sites for hydroxylation is 1. The molecule has 0 atom stereocenters. The highest BCUT2D eigenvalue weighted by molar-refractivity contribution is 7.89. The predicted octanol–water partition coefficient (Wildman–Crippen LogP) is 1.72. The first kappa shape index (κ1) is 20.1. The van der Waals surface area contributed by atoms with Gasteiger partial charge in [0.2, 0.25) is 10.0 Å². The second-order valence-corrected chi connectivity index (χ2v) is 7.68. The van der Waals surface area contributed by atoms with Crippen LogP contribution in [0.5, 0.6) is 0 Å². The Morgan fingerprint density at radius 1 is 1.23 bits per heavy atom. The van der Waals surface area contributed by atoms with E-state index in [0.29, 0.717) is 13.1 Å². The number of nitrogens with one attached hydrogen (secondary N) is 1. The molecular formula is C16H19ClN4O4S. The van der Waals surface area contributed by atoms with Gasteiger partial charge < -0.3 is 5.32 Å². The van der Waals surface area contributed by atoms with Gasteiger partial charge in [-0.25, -0.2) is 13.1 Å². The van der Waals surface area contributed by atoms with Crippen molar-refractivity contribution in [2.45, 2.75) is 18.7 Å². The van der Waals surface area contributed by atoms with Crippen LogP contribution in [-0.2, 0) is 17.1 Å². The van der Waals surface area contributed by atoms with E-state index in [1.807, 2.05) is 0 Å². The Labute approximate surface area is 156 Å². The number of rotatable bonds is 6. The number of carbonyl (C=O) groups excluding carboxylic acids is 1. The van der Waals surface area contributed by atoms with E-state index in [4.69, 9.17) is 11.6 Å². The fourth-order valence-electron chi connectivity index (χ4n) is 2.30. The maximum Gasteiger partial charge on any atom is 0.276 e. The van der Waals surface area contributed by atoms with Gasteiger partial charge in [0.1, 0.15) is 10.6 Å². The number of sulfonamides is 1. The molecule has 140 valence electrons. The van der Waals surface area contributed by atoms with Gasteiger partial charge >= 0.3 is 0 Å². The van der Waals surface area contributed by atoms with Gasteiger partial charge in [-0.15, -0.1) is 0 Å². The Morgan fingerprint density at radius 2 is 1.88 bits per heavy atom. The SMILES string of the molecule is CCN(CC)S(=O)(=O)c1cc(NC(=O)c2ccc(=O)n(C)n2)ccc1Cl. The van der Waals surface area contributed by atoms with Gasteiger partial charge in [0.15, 0.2) is 0 Å². The standard InChI is InChI=1S/C16H19ClN4O4S/c1-4-21(5-2)26(24,25)14-10-11(6-7-12(14)17)18-16(23)13-8-9-15(22)20(3)19-13/h6-10H,4-5H2,1-3H3,(H,18,23). The van der Waals surface area contributed by atoms with Gasteiger partial charge in [0.05, 0.1) is 5.02 Å². The highest BCUT2D eigenvalue weighted by atomic mass is 35.5. The van der Waals surface area contributed by atoms with Crippen molar-refractivity contribution in [3.05, 3.63) is 51.4 Å². The van der Waals surface area contributed by atoms with Crippen molar-refractivity contribution >= 4 is 33.2 Å². The first-order valence-corrected chi connectivity index (χ1v) is 9.68. The summed E-state index contributed by atoms with van der Waals surface area (Å²) in [4.78, 5) is 23.5. The molecule has 0 fully saturated rings. The molecule has 1 aromatic carbocycles. The summed E-state index contributed by atoms with van der Waals surface area (Å²) in [5.74, 6) is -0.575. The van der Waals surface area contributed by atoms with Gasteiger partial charge in [-0.05, 0) is 24.3 Å². The second kappa shape index (κ2) is 7.98. The molecule has 1 heterocycles. The van der Waals surface area contributed by atoms with Crippen LogP contribution >= 0.6 is 11.6 Å². The van der Waals surface area contributed by atoms with Gasteiger partial charge in [-0.1, -0.05) is 25.4 Å². The summed E-state index contributed by atoms with van der Waals surface area (Å²) in [6.45, 7) is 4.05. The zero-order valence-electron chi connectivity index (χ0n) is 14.6. The lowest BCUT2D eigenvalue weighted by Gasteiger charge is -2.19. The van der Waals surface area contributed by atoms with Crippen molar-refractivity contribution in [3.8, 4) is 0 Å². The lowest BCUT2D eigenvalue weighted by atomic mass is 10.3. The van der Waals surface area contributed by atoms with Crippen LogP contribution in [0.15, 0.2) is 40.0 Å². The minimum Gasteiger partial charge on any atom is -0.321 e. The largest absolute Gasteiger partial charge is 0.321 e. The average molecular weight is 399 g/mol. The van der Waals surface area contributed by atoms with E-state index in [1.165, 1.54) is 41.7 Å². The molecule has 0 saturated heterocycles. The second-order valence-electron chi connectivity index (χ2n) is 5.37. The van der Waals surface area contributed by atoms with E-state index in [9.17, 15) is 18.0 Å². The number of carbonyl (C=O) groups is 1. The van der Waals surface area contributed by atoms with Crippen molar-refractivity contribution in [1.82, 2.24) is 14.1 Å². The minimum absolute atomic E-state index is 0.0233. The minimum atomic E-state index is -3.78. The van der Waals surface area contributed by atoms with E-state index < -0.39 is 15.9 Å². The van der Waals surface area contributed by atoms with E-state index in [-0.39, 0.29) is 26.9 Å². The third-order valence-corrected chi connectivity index (χ3v) is 6.24. The number of amides is 1. The van der Waals surface area contributed by atoms with Crippen LogP contribution in [0.3, 0.4) is 0 Å². The molecule has 10 heteroatoms. The van der Waals surface area contributed by atoms with Crippen LogP contribution in [0.2, 0.25) is 5.02 Å². The fraction of sp³-hybridized carbons (Fsp3) is 0.312. The quantitative estimate of drug-likeness (QED) is 0.798. The number of halogens is 1. The highest BCUT2D eigenvalue weighted by Crippen LogP contribution is 2.27. The first-order chi connectivity index (χ1) is 12.2. The lowest BCUT2D eigenvalue weighted by molar-refractivity contribution is 0.102. The number of hydrogen-bond donors (Lipinski definition) is 1. The maximum atomic E-state index is 12.7. The molecule has 0 saturated carbocycles. The molecule has 0 radical (unpaired) electrons. The predicted molar refractivity (Wildman–Crippen MR) is 99.0 cm³/mol. The Bertz CT molecular complexity index is 984. The molecule has 2 aromatic rings. The van der Waals surface area contributed by atoms with E-state index in [0.717, 1.165) is 4.68 Å². The molecule has 1 N–H and O–H groups in total. The average Bonchev–Trinajstić information content (AvgIpc) is 2.59. The summed E-state index contributed by atoms with van der Waals surface area (Å²) in [6, 6.07) is 6.71. The zero-order chi connectivity index (χ0) is 19.5. The van der Waals surface area contributed by atoms with Crippen LogP contribution in [0.1, 0.15) is 24.3 Å². The third-order valence-electron chi connectivity index (χ3n) is 3.71. The molecule has 2 rings (SSSR count). The zero-order valence-corrected chi connectivity index (χ0v) is 16.1. The molecule has 8 nitrogen and oxygen atoms in total. The van der Waals surface area contributed by atoms with Crippen molar-refractivity contribution in [3.63, 3.8) is 0 Å². The van der Waals surface area contributed by atoms with Gasteiger partial charge in [0, 0.05) is 31.9 Å². The summed E-state index contributed by atoms with van der Waals surface area (Å²) in [5, 5.41) is 6.48. The normalized spacial score (nSPS) is 11.6. The Kier molecular flexibility index (Phi) is 6.17. The van der Waals surface area contributed by atoms with Crippen LogP contribution in [0, 0.1) is 0 Å². The van der Waals surface area contributed by atoms with Gasteiger partial charge in [-0.3, -0.25) is 9.59 Å². The van der Waals surface area contributed by atoms with Crippen LogP contribution in [-0.4, -0.2) is 41.5 Å². The molecule has 0 bridgehead atoms. The molecule has 26 heavy (non-hydrogen) atoms. The first-order valence-electron chi connectivity index (χ1n) is 7.86. The molecule has 1 amide bonds. The molecule has 0 aliphatic carbocycles. The summed E-state index contributed by atoms with van der Waals surface area (Å²) < 4.78 is 27.7. The Hall–Kier alpha value is -2.23. The molecule has 0 unspecified atom stereocenters. The molecular weight excluding hydrogens is 380 g/mol. The smallest absolute Gasteiger partial charge is 0.276 e. The van der Waals surface area contributed by atoms with E-state index in [2.05, 4.69) is 10.4 Å². The fourth-order valence-corrected chi connectivity index (χ4v) is 4.26. The number of hydrogen-bond acceptors (Lipinski definition) is 5. The number of anilines is 1. The Morgan fingerprint density at radius 3 is 2.46 bits per heavy atom. The molecule has 0 spiro atoms. The third kappa shape index (κ3) is 4.12. The molecule has 0 aliphatic rings. The van der Waals surface area contributed by atoms with Crippen molar-refractivity contribution in [1.29, 1.82) is 0 Å². The van der Waals surface area contributed by atoms with Crippen LogP contribution < -0.4 is 10.9 Å². The summed E-state index contributed by atoms with van der Waals surface area (Å²) in [5.41, 5.74) is -0.0726.